The van der Waals surface area contributed by atoms with E-state index < -0.39 is 8.07 Å². The molecule has 2 heterocycles. The number of para-hydroxylation sites is 4. The minimum atomic E-state index is -2.90. The number of ether oxygens (including phenoxy) is 1. The van der Waals surface area contributed by atoms with E-state index in [9.17, 15) is 15.8 Å². The minimum absolute atomic E-state index is 0.200. The SMILES string of the molecule is N#Cc1c(C#N)c2c(c(N3c4ccccc4[Si]4(c5ccccc5Oc5ccccc54)c4ccccc43)c1C#N)C1CCC2C1. The summed E-state index contributed by atoms with van der Waals surface area (Å²) in [6.45, 7) is 0. The zero-order chi connectivity index (χ0) is 29.6. The molecule has 0 saturated heterocycles. The molecule has 0 N–H and O–H groups in total. The molecule has 1 saturated carbocycles. The molecule has 2 bridgehead atoms. The van der Waals surface area contributed by atoms with E-state index in [1.807, 2.05) is 12.1 Å². The van der Waals surface area contributed by atoms with E-state index in [0.29, 0.717) is 11.1 Å². The average molecular weight is 581 g/mol. The van der Waals surface area contributed by atoms with E-state index in [2.05, 4.69) is 108 Å². The van der Waals surface area contributed by atoms with Crippen LogP contribution in [0.1, 0.15) is 58.9 Å². The Morgan fingerprint density at radius 2 is 1.05 bits per heavy atom. The first-order chi connectivity index (χ1) is 21.7. The number of anilines is 3. The molecule has 2 aliphatic carbocycles. The molecule has 5 nitrogen and oxygen atoms in total. The van der Waals surface area contributed by atoms with Gasteiger partial charge < -0.3 is 9.64 Å². The van der Waals surface area contributed by atoms with E-state index in [-0.39, 0.29) is 17.4 Å². The lowest BCUT2D eigenvalue weighted by molar-refractivity contribution is 0.487. The summed E-state index contributed by atoms with van der Waals surface area (Å²) in [6.07, 6.45) is 3.00. The summed E-state index contributed by atoms with van der Waals surface area (Å²) in [6, 6.07) is 41.0. The second-order valence-corrected chi connectivity index (χ2v) is 15.7. The summed E-state index contributed by atoms with van der Waals surface area (Å²) in [5.74, 6) is 2.25. The number of hydrogen-bond acceptors (Lipinski definition) is 5. The van der Waals surface area contributed by atoms with Crippen molar-refractivity contribution in [1.29, 1.82) is 15.8 Å². The predicted molar refractivity (Wildman–Crippen MR) is 172 cm³/mol. The fourth-order valence-corrected chi connectivity index (χ4v) is 14.0. The van der Waals surface area contributed by atoms with Crippen LogP contribution in [-0.4, -0.2) is 8.07 Å². The smallest absolute Gasteiger partial charge is 0.192 e. The summed E-state index contributed by atoms with van der Waals surface area (Å²) < 4.78 is 6.54. The third kappa shape index (κ3) is 2.90. The topological polar surface area (TPSA) is 83.8 Å². The minimum Gasteiger partial charge on any atom is -0.458 e. The van der Waals surface area contributed by atoms with Crippen LogP contribution in [0.15, 0.2) is 97.1 Å². The number of benzene rings is 5. The van der Waals surface area contributed by atoms with Crippen molar-refractivity contribution in [1.82, 2.24) is 0 Å². The van der Waals surface area contributed by atoms with Crippen LogP contribution in [0.5, 0.6) is 11.5 Å². The van der Waals surface area contributed by atoms with Crippen LogP contribution in [0.4, 0.5) is 17.1 Å². The van der Waals surface area contributed by atoms with Gasteiger partial charge in [0.05, 0.1) is 22.4 Å². The highest BCUT2D eigenvalue weighted by Crippen LogP contribution is 2.60. The van der Waals surface area contributed by atoms with Crippen molar-refractivity contribution in [3.63, 3.8) is 0 Å². The molecule has 1 fully saturated rings. The van der Waals surface area contributed by atoms with E-state index in [4.69, 9.17) is 4.74 Å². The first kappa shape index (κ1) is 24.9. The van der Waals surface area contributed by atoms with Gasteiger partial charge in [-0.15, -0.1) is 0 Å². The van der Waals surface area contributed by atoms with E-state index in [1.165, 1.54) is 20.7 Å². The standard InChI is InChI=1S/C38H24N4OSi/c39-20-25-26(21-40)36-23-17-18-24(19-23)37(36)38(27(25)22-41)42-28-9-1-5-13-32(28)44(33-14-6-2-10-29(33)42)34-15-7-3-11-30(34)43-31-12-4-8-16-35(31)44/h1-16,23-24H,17-19H2. The summed E-state index contributed by atoms with van der Waals surface area (Å²) in [5, 5.41) is 36.3. The largest absolute Gasteiger partial charge is 0.458 e. The normalized spacial score (nSPS) is 18.9. The number of fused-ring (bicyclic) bond motifs is 13. The van der Waals surface area contributed by atoms with Gasteiger partial charge in [0.2, 0.25) is 0 Å². The number of rotatable bonds is 1. The molecule has 0 radical (unpaired) electrons. The van der Waals surface area contributed by atoms with Gasteiger partial charge in [-0.25, -0.2) is 0 Å². The van der Waals surface area contributed by atoms with Gasteiger partial charge in [0, 0.05) is 11.4 Å². The van der Waals surface area contributed by atoms with Gasteiger partial charge in [-0.2, -0.15) is 15.8 Å². The maximum Gasteiger partial charge on any atom is 0.192 e. The van der Waals surface area contributed by atoms with Gasteiger partial charge in [-0.05, 0) is 87.2 Å². The third-order valence-electron chi connectivity index (χ3n) is 10.3. The van der Waals surface area contributed by atoms with Crippen LogP contribution in [0.3, 0.4) is 0 Å². The fraction of sp³-hybridized carbons (Fsp3) is 0.132. The summed E-state index contributed by atoms with van der Waals surface area (Å²) in [7, 11) is -2.90. The molecular weight excluding hydrogens is 557 g/mol. The molecule has 0 amide bonds. The van der Waals surface area contributed by atoms with E-state index in [1.54, 1.807) is 0 Å². The molecule has 2 aliphatic heterocycles. The van der Waals surface area contributed by atoms with Gasteiger partial charge in [0.25, 0.3) is 0 Å². The molecular formula is C38H24N4OSi. The molecule has 44 heavy (non-hydrogen) atoms. The number of nitrogens with zero attached hydrogens (tertiary/aromatic N) is 4. The Kier molecular flexibility index (Phi) is 5.07. The lowest BCUT2D eigenvalue weighted by Crippen LogP contribution is -2.78. The number of nitriles is 3. The van der Waals surface area contributed by atoms with Crippen LogP contribution in [0, 0.1) is 34.0 Å². The fourth-order valence-electron chi connectivity index (χ4n) is 8.75. The second-order valence-electron chi connectivity index (χ2n) is 12.1. The van der Waals surface area contributed by atoms with Gasteiger partial charge in [-0.1, -0.05) is 72.8 Å². The quantitative estimate of drug-likeness (QED) is 0.225. The maximum absolute atomic E-state index is 10.7. The molecule has 5 aromatic carbocycles. The molecule has 6 heteroatoms. The van der Waals surface area contributed by atoms with Crippen LogP contribution in [0.2, 0.25) is 0 Å². The molecule has 0 aromatic heterocycles. The Balaban J connectivity index is 1.46. The average Bonchev–Trinajstić information content (AvgIpc) is 3.70. The van der Waals surface area contributed by atoms with Gasteiger partial charge in [-0.3, -0.25) is 0 Å². The van der Waals surface area contributed by atoms with Crippen LogP contribution in [-0.2, 0) is 0 Å². The van der Waals surface area contributed by atoms with Crippen molar-refractivity contribution in [3.8, 4) is 29.7 Å². The molecule has 5 aromatic rings. The second kappa shape index (κ2) is 8.95. The molecule has 2 atom stereocenters. The highest BCUT2D eigenvalue weighted by Gasteiger charge is 2.54. The summed E-state index contributed by atoms with van der Waals surface area (Å²) in [4.78, 5) is 2.25. The Bertz CT molecular complexity index is 2120. The first-order valence-electron chi connectivity index (χ1n) is 15.0. The zero-order valence-electron chi connectivity index (χ0n) is 23.7. The third-order valence-corrected chi connectivity index (χ3v) is 15.2. The van der Waals surface area contributed by atoms with Crippen molar-refractivity contribution < 1.29 is 4.74 Å². The Morgan fingerprint density at radius 1 is 0.568 bits per heavy atom. The molecule has 4 aliphatic rings. The van der Waals surface area contributed by atoms with Gasteiger partial charge >= 0.3 is 0 Å². The maximum atomic E-state index is 10.7. The number of hydrogen-bond donors (Lipinski definition) is 0. The van der Waals surface area contributed by atoms with Gasteiger partial charge in [0.15, 0.2) is 8.07 Å². The van der Waals surface area contributed by atoms with Crippen molar-refractivity contribution in [2.75, 3.05) is 4.90 Å². The molecule has 9 rings (SSSR count). The Labute approximate surface area is 256 Å². The van der Waals surface area contributed by atoms with Crippen molar-refractivity contribution in [2.24, 2.45) is 0 Å². The van der Waals surface area contributed by atoms with Crippen LogP contribution in [0.25, 0.3) is 0 Å². The van der Waals surface area contributed by atoms with Crippen molar-refractivity contribution in [3.05, 3.63) is 125 Å². The lowest BCUT2D eigenvalue weighted by Gasteiger charge is -2.47. The predicted octanol–water partition coefficient (Wildman–Crippen LogP) is 5.93. The first-order valence-corrected chi connectivity index (χ1v) is 17.0. The Hall–Kier alpha value is -5.61. The highest BCUT2D eigenvalue weighted by molar-refractivity contribution is 7.22. The van der Waals surface area contributed by atoms with Crippen molar-refractivity contribution in [2.45, 2.75) is 31.1 Å². The zero-order valence-corrected chi connectivity index (χ0v) is 24.7. The molecule has 1 spiro atoms. The molecule has 206 valence electrons. The highest BCUT2D eigenvalue weighted by atomic mass is 28.3. The van der Waals surface area contributed by atoms with E-state index in [0.717, 1.165) is 59.0 Å². The summed E-state index contributed by atoms with van der Waals surface area (Å²) in [5.41, 5.74) is 5.77. The monoisotopic (exact) mass is 580 g/mol. The van der Waals surface area contributed by atoms with Gasteiger partial charge in [0.1, 0.15) is 29.7 Å². The van der Waals surface area contributed by atoms with Crippen LogP contribution < -0.4 is 30.4 Å². The Morgan fingerprint density at radius 3 is 1.59 bits per heavy atom. The molecule has 2 unspecified atom stereocenters. The van der Waals surface area contributed by atoms with E-state index >= 15 is 0 Å². The summed E-state index contributed by atoms with van der Waals surface area (Å²) >= 11 is 0. The van der Waals surface area contributed by atoms with Crippen LogP contribution >= 0.6 is 0 Å². The lowest BCUT2D eigenvalue weighted by atomic mass is 9.82. The van der Waals surface area contributed by atoms with Crippen molar-refractivity contribution >= 4 is 45.9 Å².